The van der Waals surface area contributed by atoms with Crippen molar-refractivity contribution in [3.05, 3.63) is 22.4 Å². The Balaban J connectivity index is 2.60. The third kappa shape index (κ3) is 6.50. The van der Waals surface area contributed by atoms with Crippen LogP contribution in [-0.4, -0.2) is 48.6 Å². The molecule has 2 N–H and O–H groups in total. The van der Waals surface area contributed by atoms with Gasteiger partial charge in [-0.25, -0.2) is 8.78 Å². The van der Waals surface area contributed by atoms with Crippen molar-refractivity contribution in [2.45, 2.75) is 26.3 Å². The lowest BCUT2D eigenvalue weighted by Crippen LogP contribution is -2.42. The highest BCUT2D eigenvalue weighted by Crippen LogP contribution is 2.25. The molecule has 1 rings (SSSR count). The summed E-state index contributed by atoms with van der Waals surface area (Å²) in [6.45, 7) is 3.14. The molecule has 21 heavy (non-hydrogen) atoms. The molecule has 0 aromatic carbocycles. The van der Waals surface area contributed by atoms with Crippen LogP contribution in [0.5, 0.6) is 0 Å². The van der Waals surface area contributed by atoms with E-state index in [1.165, 1.54) is 4.90 Å². The number of nitrogens with one attached hydrogen (secondary N) is 1. The fraction of sp³-hybridized carbons (Fsp3) is 0.643. The van der Waals surface area contributed by atoms with E-state index in [0.717, 1.165) is 4.88 Å². The summed E-state index contributed by atoms with van der Waals surface area (Å²) in [5, 5.41) is 13.7. The molecule has 1 amide bonds. The monoisotopic (exact) mass is 320 g/mol. The van der Waals surface area contributed by atoms with Crippen LogP contribution < -0.4 is 5.32 Å². The average Bonchev–Trinajstić information content (AvgIpc) is 2.88. The van der Waals surface area contributed by atoms with Crippen molar-refractivity contribution in [1.29, 1.82) is 0 Å². The zero-order chi connectivity index (χ0) is 15.8. The molecule has 120 valence electrons. The first-order valence-corrected chi connectivity index (χ1v) is 7.76. The number of carbonyl (C=O) groups is 1. The Bertz CT molecular complexity index is 413. The number of nitrogens with zero attached hydrogens (tertiary/aromatic N) is 1. The zero-order valence-electron chi connectivity index (χ0n) is 12.3. The first-order chi connectivity index (χ1) is 9.93. The van der Waals surface area contributed by atoms with E-state index < -0.39 is 13.0 Å². The van der Waals surface area contributed by atoms with Crippen LogP contribution in [0.4, 0.5) is 8.78 Å². The van der Waals surface area contributed by atoms with E-state index in [1.807, 2.05) is 31.4 Å². The quantitative estimate of drug-likeness (QED) is 0.733. The molecular formula is C14H22F2N2O2S. The largest absolute Gasteiger partial charge is 0.395 e. The molecule has 1 unspecified atom stereocenters. The summed E-state index contributed by atoms with van der Waals surface area (Å²) < 4.78 is 24.8. The molecule has 0 aliphatic carbocycles. The van der Waals surface area contributed by atoms with Crippen LogP contribution in [0.3, 0.4) is 0 Å². The molecule has 0 aliphatic rings. The van der Waals surface area contributed by atoms with Crippen LogP contribution in [0.15, 0.2) is 17.5 Å². The molecule has 7 heteroatoms. The summed E-state index contributed by atoms with van der Waals surface area (Å²) in [7, 11) is 0. The predicted molar refractivity (Wildman–Crippen MR) is 79.6 cm³/mol. The normalized spacial score (nSPS) is 13.1. The van der Waals surface area contributed by atoms with Crippen molar-refractivity contribution in [1.82, 2.24) is 10.2 Å². The number of halogens is 2. The van der Waals surface area contributed by atoms with Crippen molar-refractivity contribution < 1.29 is 18.7 Å². The highest BCUT2D eigenvalue weighted by atomic mass is 32.1. The number of rotatable bonds is 9. The Morgan fingerprint density at radius 2 is 2.19 bits per heavy atom. The minimum absolute atomic E-state index is 0.0586. The molecular weight excluding hydrogens is 298 g/mol. The van der Waals surface area contributed by atoms with Gasteiger partial charge in [-0.2, -0.15) is 0 Å². The third-order valence-corrected chi connectivity index (χ3v) is 3.97. The summed E-state index contributed by atoms with van der Waals surface area (Å²) in [5.41, 5.74) is 0. The standard InChI is InChI=1S/C14H22F2N2O2S/c1-10(2)14(11-4-3-7-21-11)17-13(20)9-18(5-6-19)8-12(15)16/h3-4,7,10,12,14,19H,5-6,8-9H2,1-2H3,(H,17,20). The number of alkyl halides is 2. The number of aliphatic hydroxyl groups excluding tert-OH is 1. The zero-order valence-corrected chi connectivity index (χ0v) is 13.1. The van der Waals surface area contributed by atoms with Crippen molar-refractivity contribution >= 4 is 17.2 Å². The van der Waals surface area contributed by atoms with Gasteiger partial charge in [0.1, 0.15) is 0 Å². The van der Waals surface area contributed by atoms with Crippen LogP contribution in [0.1, 0.15) is 24.8 Å². The first-order valence-electron chi connectivity index (χ1n) is 6.88. The van der Waals surface area contributed by atoms with Crippen molar-refractivity contribution in [2.24, 2.45) is 5.92 Å². The molecule has 1 atom stereocenters. The Labute approximate surface area is 127 Å². The predicted octanol–water partition coefficient (Wildman–Crippen LogP) is 2.12. The van der Waals surface area contributed by atoms with Gasteiger partial charge in [0.05, 0.1) is 25.7 Å². The van der Waals surface area contributed by atoms with Crippen molar-refractivity contribution in [3.8, 4) is 0 Å². The maximum absolute atomic E-state index is 12.4. The van der Waals surface area contributed by atoms with Gasteiger partial charge >= 0.3 is 0 Å². The second-order valence-corrected chi connectivity index (χ2v) is 6.13. The lowest BCUT2D eigenvalue weighted by Gasteiger charge is -2.24. The minimum atomic E-state index is -2.53. The van der Waals surface area contributed by atoms with Crippen LogP contribution in [0.25, 0.3) is 0 Å². The SMILES string of the molecule is CC(C)C(NC(=O)CN(CCO)CC(F)F)c1cccs1. The van der Waals surface area contributed by atoms with Gasteiger partial charge in [-0.3, -0.25) is 9.69 Å². The van der Waals surface area contributed by atoms with Gasteiger partial charge < -0.3 is 10.4 Å². The highest BCUT2D eigenvalue weighted by Gasteiger charge is 2.21. The number of thiophene rings is 1. The van der Waals surface area contributed by atoms with Crippen LogP contribution >= 0.6 is 11.3 Å². The van der Waals surface area contributed by atoms with E-state index >= 15 is 0 Å². The van der Waals surface area contributed by atoms with E-state index in [-0.39, 0.29) is 37.6 Å². The molecule has 1 aromatic rings. The number of aliphatic hydroxyl groups is 1. The van der Waals surface area contributed by atoms with E-state index in [2.05, 4.69) is 5.32 Å². The molecule has 0 spiro atoms. The van der Waals surface area contributed by atoms with Crippen molar-refractivity contribution in [3.63, 3.8) is 0 Å². The third-order valence-electron chi connectivity index (χ3n) is 3.01. The smallest absolute Gasteiger partial charge is 0.251 e. The van der Waals surface area contributed by atoms with Crippen LogP contribution in [-0.2, 0) is 4.79 Å². The molecule has 0 radical (unpaired) electrons. The Morgan fingerprint density at radius 1 is 1.48 bits per heavy atom. The van der Waals surface area contributed by atoms with E-state index in [4.69, 9.17) is 5.11 Å². The van der Waals surface area contributed by atoms with Gasteiger partial charge in [0, 0.05) is 11.4 Å². The Morgan fingerprint density at radius 3 is 2.67 bits per heavy atom. The maximum atomic E-state index is 12.4. The summed E-state index contributed by atoms with van der Waals surface area (Å²) >= 11 is 1.55. The van der Waals surface area contributed by atoms with Gasteiger partial charge in [-0.15, -0.1) is 11.3 Å². The Hall–Kier alpha value is -1.05. The number of hydrogen-bond donors (Lipinski definition) is 2. The van der Waals surface area contributed by atoms with Crippen molar-refractivity contribution in [2.75, 3.05) is 26.2 Å². The first kappa shape index (κ1) is 18.0. The van der Waals surface area contributed by atoms with E-state index in [0.29, 0.717) is 0 Å². The second-order valence-electron chi connectivity index (χ2n) is 5.15. The molecule has 0 fully saturated rings. The van der Waals surface area contributed by atoms with Gasteiger partial charge in [0.15, 0.2) is 0 Å². The van der Waals surface area contributed by atoms with E-state index in [9.17, 15) is 13.6 Å². The molecule has 1 heterocycles. The molecule has 4 nitrogen and oxygen atoms in total. The van der Waals surface area contributed by atoms with Gasteiger partial charge in [-0.1, -0.05) is 19.9 Å². The van der Waals surface area contributed by atoms with E-state index in [1.54, 1.807) is 11.3 Å². The lowest BCUT2D eigenvalue weighted by molar-refractivity contribution is -0.123. The summed E-state index contributed by atoms with van der Waals surface area (Å²) in [6.07, 6.45) is -2.53. The molecule has 1 aromatic heterocycles. The molecule has 0 aliphatic heterocycles. The average molecular weight is 320 g/mol. The second kappa shape index (κ2) is 9.07. The topological polar surface area (TPSA) is 52.6 Å². The molecule has 0 bridgehead atoms. The minimum Gasteiger partial charge on any atom is -0.395 e. The van der Waals surface area contributed by atoms with Crippen LogP contribution in [0, 0.1) is 5.92 Å². The lowest BCUT2D eigenvalue weighted by atomic mass is 10.0. The highest BCUT2D eigenvalue weighted by molar-refractivity contribution is 7.10. The Kier molecular flexibility index (Phi) is 7.77. The molecule has 0 saturated heterocycles. The van der Waals surface area contributed by atoms with Gasteiger partial charge in [0.2, 0.25) is 5.91 Å². The number of amides is 1. The number of carbonyl (C=O) groups excluding carboxylic acids is 1. The van der Waals surface area contributed by atoms with Crippen LogP contribution in [0.2, 0.25) is 0 Å². The number of hydrogen-bond acceptors (Lipinski definition) is 4. The fourth-order valence-electron chi connectivity index (χ4n) is 2.03. The summed E-state index contributed by atoms with van der Waals surface area (Å²) in [6, 6.07) is 3.73. The summed E-state index contributed by atoms with van der Waals surface area (Å²) in [4.78, 5) is 14.3. The summed E-state index contributed by atoms with van der Waals surface area (Å²) in [5.74, 6) is -0.106. The van der Waals surface area contributed by atoms with Gasteiger partial charge in [0.25, 0.3) is 6.43 Å². The van der Waals surface area contributed by atoms with Gasteiger partial charge in [-0.05, 0) is 17.4 Å². The fourth-order valence-corrected chi connectivity index (χ4v) is 2.98. The maximum Gasteiger partial charge on any atom is 0.251 e. The molecule has 0 saturated carbocycles.